The van der Waals surface area contributed by atoms with Crippen molar-refractivity contribution >= 4 is 17.3 Å². The van der Waals surface area contributed by atoms with Gasteiger partial charge in [-0.1, -0.05) is 13.0 Å². The monoisotopic (exact) mass is 232 g/mol. The van der Waals surface area contributed by atoms with Gasteiger partial charge in [-0.3, -0.25) is 4.79 Å². The van der Waals surface area contributed by atoms with Crippen LogP contribution in [0.25, 0.3) is 0 Å². The quantitative estimate of drug-likeness (QED) is 0.818. The van der Waals surface area contributed by atoms with Crippen LogP contribution in [0.15, 0.2) is 24.3 Å². The van der Waals surface area contributed by atoms with E-state index in [9.17, 15) is 4.79 Å². The summed E-state index contributed by atoms with van der Waals surface area (Å²) in [6.07, 6.45) is 3.84. The molecule has 2 rings (SSSR count). The third-order valence-corrected chi connectivity index (χ3v) is 3.17. The highest BCUT2D eigenvalue weighted by molar-refractivity contribution is 5.89. The highest BCUT2D eigenvalue weighted by Crippen LogP contribution is 2.35. The molecule has 3 heteroatoms. The molecule has 2 N–H and O–H groups in total. The molecule has 0 aromatic heterocycles. The van der Waals surface area contributed by atoms with E-state index in [1.54, 1.807) is 0 Å². The largest absolute Gasteiger partial charge is 0.382 e. The van der Waals surface area contributed by atoms with Gasteiger partial charge >= 0.3 is 0 Å². The number of carbonyl (C=O) groups is 1. The molecule has 1 aliphatic rings. The van der Waals surface area contributed by atoms with Gasteiger partial charge < -0.3 is 10.6 Å². The molecule has 1 amide bonds. The van der Waals surface area contributed by atoms with Gasteiger partial charge in [-0.25, -0.2) is 0 Å². The maximum absolute atomic E-state index is 11.0. The molecule has 3 nitrogen and oxygen atoms in total. The Morgan fingerprint density at radius 1 is 1.41 bits per heavy atom. The van der Waals surface area contributed by atoms with Crippen molar-refractivity contribution in [3.05, 3.63) is 24.3 Å². The molecular formula is C14H20N2O. The molecule has 0 radical (unpaired) electrons. The summed E-state index contributed by atoms with van der Waals surface area (Å²) in [5, 5.41) is 6.36. The number of hydrogen-bond acceptors (Lipinski definition) is 2. The van der Waals surface area contributed by atoms with Crippen molar-refractivity contribution in [1.82, 2.24) is 0 Å². The Morgan fingerprint density at radius 2 is 2.12 bits per heavy atom. The predicted octanol–water partition coefficient (Wildman–Crippen LogP) is 3.25. The van der Waals surface area contributed by atoms with Crippen LogP contribution in [-0.2, 0) is 4.79 Å². The lowest BCUT2D eigenvalue weighted by Gasteiger charge is -2.18. The minimum Gasteiger partial charge on any atom is -0.382 e. The van der Waals surface area contributed by atoms with Crippen molar-refractivity contribution in [3.63, 3.8) is 0 Å². The summed E-state index contributed by atoms with van der Waals surface area (Å²) < 4.78 is 0. The van der Waals surface area contributed by atoms with Gasteiger partial charge in [-0.2, -0.15) is 0 Å². The number of rotatable bonds is 5. The van der Waals surface area contributed by atoms with Gasteiger partial charge in [0.25, 0.3) is 0 Å². The molecule has 1 aliphatic carbocycles. The Morgan fingerprint density at radius 3 is 2.71 bits per heavy atom. The minimum absolute atomic E-state index is 0.0311. The number of benzene rings is 1. The molecule has 0 heterocycles. The average molecular weight is 232 g/mol. The first-order chi connectivity index (χ1) is 8.19. The van der Waals surface area contributed by atoms with E-state index in [0.717, 1.165) is 23.7 Å². The SMILES string of the molecule is CCC(Nc1cccc(NC(C)=O)c1)C1CC1. The minimum atomic E-state index is -0.0311. The summed E-state index contributed by atoms with van der Waals surface area (Å²) in [6.45, 7) is 3.74. The molecule has 92 valence electrons. The first-order valence-corrected chi connectivity index (χ1v) is 6.33. The summed E-state index contributed by atoms with van der Waals surface area (Å²) in [5.74, 6) is 0.806. The van der Waals surface area contributed by atoms with Crippen molar-refractivity contribution < 1.29 is 4.79 Å². The number of carbonyl (C=O) groups excluding carboxylic acids is 1. The van der Waals surface area contributed by atoms with Gasteiger partial charge in [-0.15, -0.1) is 0 Å². The zero-order valence-electron chi connectivity index (χ0n) is 10.5. The van der Waals surface area contributed by atoms with E-state index in [2.05, 4.69) is 23.6 Å². The molecule has 1 atom stereocenters. The van der Waals surface area contributed by atoms with Crippen molar-refractivity contribution in [2.45, 2.75) is 39.2 Å². The fraction of sp³-hybridized carbons (Fsp3) is 0.500. The van der Waals surface area contributed by atoms with Crippen molar-refractivity contribution in [3.8, 4) is 0 Å². The van der Waals surface area contributed by atoms with Crippen LogP contribution in [0.4, 0.5) is 11.4 Å². The maximum Gasteiger partial charge on any atom is 0.221 e. The first kappa shape index (κ1) is 12.0. The van der Waals surface area contributed by atoms with Crippen LogP contribution in [-0.4, -0.2) is 11.9 Å². The van der Waals surface area contributed by atoms with Gasteiger partial charge in [0.15, 0.2) is 0 Å². The molecule has 17 heavy (non-hydrogen) atoms. The molecular weight excluding hydrogens is 212 g/mol. The van der Waals surface area contributed by atoms with Crippen LogP contribution in [0.5, 0.6) is 0 Å². The van der Waals surface area contributed by atoms with E-state index in [0.29, 0.717) is 6.04 Å². The Hall–Kier alpha value is -1.51. The lowest BCUT2D eigenvalue weighted by atomic mass is 10.1. The van der Waals surface area contributed by atoms with Crippen LogP contribution in [0.2, 0.25) is 0 Å². The second-order valence-electron chi connectivity index (χ2n) is 4.76. The fourth-order valence-electron chi connectivity index (χ4n) is 2.16. The zero-order valence-corrected chi connectivity index (χ0v) is 10.5. The molecule has 0 spiro atoms. The fourth-order valence-corrected chi connectivity index (χ4v) is 2.16. The van der Waals surface area contributed by atoms with E-state index in [-0.39, 0.29) is 5.91 Å². The second-order valence-corrected chi connectivity index (χ2v) is 4.76. The van der Waals surface area contributed by atoms with Gasteiger partial charge in [0.05, 0.1) is 0 Å². The van der Waals surface area contributed by atoms with Crippen LogP contribution < -0.4 is 10.6 Å². The van der Waals surface area contributed by atoms with E-state index in [1.165, 1.54) is 19.8 Å². The molecule has 1 saturated carbocycles. The van der Waals surface area contributed by atoms with Crippen molar-refractivity contribution in [2.75, 3.05) is 10.6 Å². The Labute approximate surface area is 103 Å². The summed E-state index contributed by atoms with van der Waals surface area (Å²) in [4.78, 5) is 11.0. The second kappa shape index (κ2) is 5.21. The maximum atomic E-state index is 11.0. The van der Waals surface area contributed by atoms with Gasteiger partial charge in [0.2, 0.25) is 5.91 Å². The van der Waals surface area contributed by atoms with E-state index >= 15 is 0 Å². The molecule has 0 saturated heterocycles. The van der Waals surface area contributed by atoms with Gasteiger partial charge in [0.1, 0.15) is 0 Å². The summed E-state index contributed by atoms with van der Waals surface area (Å²) in [7, 11) is 0. The number of nitrogens with one attached hydrogen (secondary N) is 2. The topological polar surface area (TPSA) is 41.1 Å². The highest BCUT2D eigenvalue weighted by Gasteiger charge is 2.29. The normalized spacial score (nSPS) is 16.4. The number of hydrogen-bond donors (Lipinski definition) is 2. The summed E-state index contributed by atoms with van der Waals surface area (Å²) in [5.41, 5.74) is 1.95. The van der Waals surface area contributed by atoms with Crippen molar-refractivity contribution in [2.24, 2.45) is 5.92 Å². The third kappa shape index (κ3) is 3.48. The van der Waals surface area contributed by atoms with Crippen LogP contribution in [0.1, 0.15) is 33.1 Å². The summed E-state index contributed by atoms with van der Waals surface area (Å²) in [6, 6.07) is 8.49. The van der Waals surface area contributed by atoms with Crippen LogP contribution in [0, 0.1) is 5.92 Å². The predicted molar refractivity (Wildman–Crippen MR) is 71.2 cm³/mol. The zero-order chi connectivity index (χ0) is 12.3. The van der Waals surface area contributed by atoms with E-state index in [4.69, 9.17) is 0 Å². The molecule has 0 aliphatic heterocycles. The lowest BCUT2D eigenvalue weighted by Crippen LogP contribution is -2.20. The number of anilines is 2. The first-order valence-electron chi connectivity index (χ1n) is 6.33. The third-order valence-electron chi connectivity index (χ3n) is 3.17. The van der Waals surface area contributed by atoms with Crippen LogP contribution in [0.3, 0.4) is 0 Å². The summed E-state index contributed by atoms with van der Waals surface area (Å²) >= 11 is 0. The Kier molecular flexibility index (Phi) is 3.67. The lowest BCUT2D eigenvalue weighted by molar-refractivity contribution is -0.114. The molecule has 0 bridgehead atoms. The molecule has 1 unspecified atom stereocenters. The molecule has 1 fully saturated rings. The Bertz CT molecular complexity index is 399. The van der Waals surface area contributed by atoms with E-state index in [1.807, 2.05) is 18.2 Å². The van der Waals surface area contributed by atoms with Crippen molar-refractivity contribution in [1.29, 1.82) is 0 Å². The van der Waals surface area contributed by atoms with Gasteiger partial charge in [0, 0.05) is 24.3 Å². The van der Waals surface area contributed by atoms with E-state index < -0.39 is 0 Å². The number of amides is 1. The molecule has 1 aromatic rings. The average Bonchev–Trinajstić information content (AvgIpc) is 3.09. The van der Waals surface area contributed by atoms with Crippen LogP contribution >= 0.6 is 0 Å². The smallest absolute Gasteiger partial charge is 0.221 e. The molecule has 1 aromatic carbocycles. The standard InChI is InChI=1S/C14H20N2O/c1-3-14(11-7-8-11)16-13-6-4-5-12(9-13)15-10(2)17/h4-6,9,11,14,16H,3,7-8H2,1-2H3,(H,15,17). The Balaban J connectivity index is 2.01. The highest BCUT2D eigenvalue weighted by atomic mass is 16.1. The van der Waals surface area contributed by atoms with Gasteiger partial charge in [-0.05, 0) is 43.4 Å².